The van der Waals surface area contributed by atoms with Gasteiger partial charge in [0.1, 0.15) is 18.0 Å². The summed E-state index contributed by atoms with van der Waals surface area (Å²) in [6, 6.07) is 1.50. The molecule has 18 heavy (non-hydrogen) atoms. The van der Waals surface area contributed by atoms with Crippen LogP contribution in [0.25, 0.3) is 5.82 Å². The van der Waals surface area contributed by atoms with E-state index in [4.69, 9.17) is 0 Å². The summed E-state index contributed by atoms with van der Waals surface area (Å²) in [5, 5.41) is 3.33. The third-order valence-electron chi connectivity index (χ3n) is 2.47. The molecule has 96 valence electrons. The standard InChI is InChI=1S/C13H17FN4/c1-13(2,3)17-7-10-6-11(14)8-16-12(10)18-5-4-15-9-18/h4-6,8-9,17H,7H2,1-3H3. The highest BCUT2D eigenvalue weighted by Gasteiger charge is 2.12. The SMILES string of the molecule is CC(C)(C)NCc1cc(F)cnc1-n1ccnc1. The predicted octanol–water partition coefficient (Wildman–Crippen LogP) is 2.29. The van der Waals surface area contributed by atoms with Crippen molar-refractivity contribution >= 4 is 0 Å². The average Bonchev–Trinajstić information content (AvgIpc) is 2.79. The minimum atomic E-state index is -0.329. The Morgan fingerprint density at radius 1 is 1.39 bits per heavy atom. The number of imidazole rings is 1. The lowest BCUT2D eigenvalue weighted by Crippen LogP contribution is -2.35. The molecule has 0 amide bonds. The highest BCUT2D eigenvalue weighted by molar-refractivity contribution is 5.33. The van der Waals surface area contributed by atoms with Gasteiger partial charge in [-0.2, -0.15) is 0 Å². The molecular weight excluding hydrogens is 231 g/mol. The van der Waals surface area contributed by atoms with Gasteiger partial charge in [-0.15, -0.1) is 0 Å². The van der Waals surface area contributed by atoms with E-state index >= 15 is 0 Å². The second kappa shape index (κ2) is 4.86. The first kappa shape index (κ1) is 12.7. The predicted molar refractivity (Wildman–Crippen MR) is 67.9 cm³/mol. The third-order valence-corrected chi connectivity index (χ3v) is 2.47. The number of rotatable bonds is 3. The minimum absolute atomic E-state index is 0.0292. The van der Waals surface area contributed by atoms with Crippen molar-refractivity contribution in [1.82, 2.24) is 19.9 Å². The van der Waals surface area contributed by atoms with Crippen LogP contribution in [0.5, 0.6) is 0 Å². The first-order valence-corrected chi connectivity index (χ1v) is 5.83. The lowest BCUT2D eigenvalue weighted by molar-refractivity contribution is 0.423. The molecule has 4 nitrogen and oxygen atoms in total. The van der Waals surface area contributed by atoms with Crippen LogP contribution in [0.4, 0.5) is 4.39 Å². The Hall–Kier alpha value is -1.75. The Kier molecular flexibility index (Phi) is 3.43. The summed E-state index contributed by atoms with van der Waals surface area (Å²) < 4.78 is 15.1. The van der Waals surface area contributed by atoms with Crippen molar-refractivity contribution in [2.75, 3.05) is 0 Å². The fourth-order valence-corrected chi connectivity index (χ4v) is 1.58. The molecule has 0 aliphatic rings. The van der Waals surface area contributed by atoms with Gasteiger partial charge in [0.05, 0.1) is 6.20 Å². The van der Waals surface area contributed by atoms with E-state index in [1.807, 2.05) is 0 Å². The smallest absolute Gasteiger partial charge is 0.142 e. The van der Waals surface area contributed by atoms with Crippen LogP contribution in [0.2, 0.25) is 0 Å². The van der Waals surface area contributed by atoms with E-state index in [9.17, 15) is 4.39 Å². The van der Waals surface area contributed by atoms with E-state index in [0.717, 1.165) is 5.56 Å². The Morgan fingerprint density at radius 2 is 2.17 bits per heavy atom. The summed E-state index contributed by atoms with van der Waals surface area (Å²) in [6.07, 6.45) is 6.34. The first-order chi connectivity index (χ1) is 8.46. The molecule has 0 aliphatic heterocycles. The van der Waals surface area contributed by atoms with Crippen LogP contribution in [-0.4, -0.2) is 20.1 Å². The molecule has 0 fully saturated rings. The van der Waals surface area contributed by atoms with Crippen LogP contribution < -0.4 is 5.32 Å². The van der Waals surface area contributed by atoms with Crippen LogP contribution in [-0.2, 0) is 6.54 Å². The van der Waals surface area contributed by atoms with Crippen LogP contribution in [0.3, 0.4) is 0 Å². The van der Waals surface area contributed by atoms with Crippen molar-refractivity contribution in [1.29, 1.82) is 0 Å². The van der Waals surface area contributed by atoms with Gasteiger partial charge in [-0.25, -0.2) is 14.4 Å². The molecule has 5 heteroatoms. The number of aromatic nitrogens is 3. The molecule has 0 aromatic carbocycles. The third kappa shape index (κ3) is 3.13. The van der Waals surface area contributed by atoms with Crippen molar-refractivity contribution in [2.45, 2.75) is 32.9 Å². The number of halogens is 1. The monoisotopic (exact) mass is 248 g/mol. The summed E-state index contributed by atoms with van der Waals surface area (Å²) in [6.45, 7) is 6.76. The van der Waals surface area contributed by atoms with Gasteiger partial charge in [0.25, 0.3) is 0 Å². The summed E-state index contributed by atoms with van der Waals surface area (Å²) >= 11 is 0. The maximum Gasteiger partial charge on any atom is 0.142 e. The number of hydrogen-bond acceptors (Lipinski definition) is 3. The van der Waals surface area contributed by atoms with E-state index in [-0.39, 0.29) is 11.4 Å². The molecule has 0 saturated carbocycles. The molecule has 2 heterocycles. The number of hydrogen-bond donors (Lipinski definition) is 1. The molecule has 2 aromatic rings. The lowest BCUT2D eigenvalue weighted by atomic mass is 10.1. The van der Waals surface area contributed by atoms with Gasteiger partial charge in [0, 0.05) is 30.0 Å². The van der Waals surface area contributed by atoms with Crippen molar-refractivity contribution < 1.29 is 4.39 Å². The van der Waals surface area contributed by atoms with E-state index < -0.39 is 0 Å². The van der Waals surface area contributed by atoms with Crippen LogP contribution in [0, 0.1) is 5.82 Å². The highest BCUT2D eigenvalue weighted by atomic mass is 19.1. The van der Waals surface area contributed by atoms with Gasteiger partial charge in [-0.05, 0) is 26.8 Å². The quantitative estimate of drug-likeness (QED) is 0.906. The fourth-order valence-electron chi connectivity index (χ4n) is 1.58. The van der Waals surface area contributed by atoms with E-state index in [0.29, 0.717) is 12.4 Å². The maximum atomic E-state index is 13.3. The topological polar surface area (TPSA) is 42.7 Å². The van der Waals surface area contributed by atoms with Crippen molar-refractivity contribution in [3.05, 3.63) is 42.4 Å². The Bertz CT molecular complexity index is 514. The molecule has 0 saturated heterocycles. The Labute approximate surface area is 106 Å². The summed E-state index contributed by atoms with van der Waals surface area (Å²) in [5.74, 6) is 0.371. The molecule has 0 bridgehead atoms. The largest absolute Gasteiger partial charge is 0.308 e. The molecule has 0 spiro atoms. The highest BCUT2D eigenvalue weighted by Crippen LogP contribution is 2.14. The summed E-state index contributed by atoms with van der Waals surface area (Å²) in [5.41, 5.74) is 0.779. The molecule has 0 aliphatic carbocycles. The second-order valence-corrected chi connectivity index (χ2v) is 5.21. The molecule has 2 aromatic heterocycles. The van der Waals surface area contributed by atoms with Crippen LogP contribution in [0.1, 0.15) is 26.3 Å². The second-order valence-electron chi connectivity index (χ2n) is 5.21. The Balaban J connectivity index is 2.30. The maximum absolute atomic E-state index is 13.3. The first-order valence-electron chi connectivity index (χ1n) is 5.83. The number of pyridine rings is 1. The van der Waals surface area contributed by atoms with Crippen molar-refractivity contribution in [2.24, 2.45) is 0 Å². The van der Waals surface area contributed by atoms with Crippen LogP contribution >= 0.6 is 0 Å². The van der Waals surface area contributed by atoms with Gasteiger partial charge >= 0.3 is 0 Å². The fraction of sp³-hybridized carbons (Fsp3) is 0.385. The zero-order valence-corrected chi connectivity index (χ0v) is 10.8. The molecule has 0 radical (unpaired) electrons. The van der Waals surface area contributed by atoms with Gasteiger partial charge in [0.15, 0.2) is 0 Å². The minimum Gasteiger partial charge on any atom is -0.308 e. The lowest BCUT2D eigenvalue weighted by Gasteiger charge is -2.21. The van der Waals surface area contributed by atoms with Gasteiger partial charge in [-0.1, -0.05) is 0 Å². The average molecular weight is 248 g/mol. The Morgan fingerprint density at radius 3 is 2.78 bits per heavy atom. The number of nitrogens with one attached hydrogen (secondary N) is 1. The molecule has 2 rings (SSSR count). The van der Waals surface area contributed by atoms with E-state index in [1.165, 1.54) is 12.3 Å². The van der Waals surface area contributed by atoms with E-state index in [2.05, 4.69) is 36.1 Å². The van der Waals surface area contributed by atoms with Crippen LogP contribution in [0.15, 0.2) is 31.0 Å². The molecule has 0 unspecified atom stereocenters. The number of nitrogens with zero attached hydrogens (tertiary/aromatic N) is 3. The van der Waals surface area contributed by atoms with E-state index in [1.54, 1.807) is 23.3 Å². The van der Waals surface area contributed by atoms with Gasteiger partial charge < -0.3 is 5.32 Å². The summed E-state index contributed by atoms with van der Waals surface area (Å²) in [4.78, 5) is 8.11. The van der Waals surface area contributed by atoms with Crippen molar-refractivity contribution in [3.63, 3.8) is 0 Å². The van der Waals surface area contributed by atoms with Crippen molar-refractivity contribution in [3.8, 4) is 5.82 Å². The molecule has 0 atom stereocenters. The normalized spacial score (nSPS) is 11.8. The zero-order chi connectivity index (χ0) is 13.2. The van der Waals surface area contributed by atoms with Gasteiger partial charge in [-0.3, -0.25) is 4.57 Å². The van der Waals surface area contributed by atoms with Gasteiger partial charge in [0.2, 0.25) is 0 Å². The summed E-state index contributed by atoms with van der Waals surface area (Å²) in [7, 11) is 0. The molecular formula is C13H17FN4. The molecule has 1 N–H and O–H groups in total. The zero-order valence-electron chi connectivity index (χ0n) is 10.8.